The molecule has 0 atom stereocenters. The van der Waals surface area contributed by atoms with Crippen molar-refractivity contribution in [2.75, 3.05) is 0 Å². The zero-order valence-corrected chi connectivity index (χ0v) is 7.79. The molecule has 0 fully saturated rings. The fourth-order valence-electron chi connectivity index (χ4n) is 1.46. The molecule has 2 nitrogen and oxygen atoms in total. The zero-order chi connectivity index (χ0) is 10.1. The molecule has 0 bridgehead atoms. The van der Waals surface area contributed by atoms with E-state index in [4.69, 9.17) is 0 Å². The fraction of sp³-hybridized carbons (Fsp3) is 0.182. The van der Waals surface area contributed by atoms with E-state index >= 15 is 0 Å². The smallest absolute Gasteiger partial charge is 0.219 e. The lowest BCUT2D eigenvalue weighted by molar-refractivity contribution is 0.457. The van der Waals surface area contributed by atoms with Gasteiger partial charge < -0.3 is 5.11 Å². The Morgan fingerprint density at radius 3 is 2.86 bits per heavy atom. The van der Waals surface area contributed by atoms with Crippen LogP contribution < -0.4 is 0 Å². The number of aromatic hydroxyl groups is 1. The van der Waals surface area contributed by atoms with Gasteiger partial charge in [-0.3, -0.25) is 0 Å². The maximum Gasteiger partial charge on any atom is 0.219 e. The van der Waals surface area contributed by atoms with E-state index in [-0.39, 0.29) is 5.88 Å². The SMILES string of the molecule is CCc1ccc2c(O)ncc(F)c2c1. The molecule has 1 aromatic heterocycles. The highest BCUT2D eigenvalue weighted by molar-refractivity contribution is 5.87. The van der Waals surface area contributed by atoms with Gasteiger partial charge in [0.05, 0.1) is 6.20 Å². The summed E-state index contributed by atoms with van der Waals surface area (Å²) in [5.74, 6) is -0.517. The van der Waals surface area contributed by atoms with Gasteiger partial charge in [-0.05, 0) is 24.1 Å². The summed E-state index contributed by atoms with van der Waals surface area (Å²) in [7, 11) is 0. The third kappa shape index (κ3) is 1.31. The number of hydrogen-bond acceptors (Lipinski definition) is 2. The van der Waals surface area contributed by atoms with Crippen LogP contribution in [0.1, 0.15) is 12.5 Å². The molecule has 2 rings (SSSR count). The van der Waals surface area contributed by atoms with Gasteiger partial charge in [0.1, 0.15) is 5.82 Å². The molecule has 72 valence electrons. The molecule has 0 saturated carbocycles. The molecule has 14 heavy (non-hydrogen) atoms. The second kappa shape index (κ2) is 3.25. The Morgan fingerprint density at radius 2 is 2.14 bits per heavy atom. The van der Waals surface area contributed by atoms with Crippen molar-refractivity contribution in [3.8, 4) is 5.88 Å². The summed E-state index contributed by atoms with van der Waals surface area (Å²) >= 11 is 0. The number of fused-ring (bicyclic) bond motifs is 1. The Kier molecular flexibility index (Phi) is 2.08. The van der Waals surface area contributed by atoms with Gasteiger partial charge >= 0.3 is 0 Å². The monoisotopic (exact) mass is 191 g/mol. The molecule has 1 aromatic carbocycles. The number of aromatic nitrogens is 1. The van der Waals surface area contributed by atoms with Crippen LogP contribution in [0.4, 0.5) is 4.39 Å². The van der Waals surface area contributed by atoms with E-state index < -0.39 is 5.82 Å². The summed E-state index contributed by atoms with van der Waals surface area (Å²) in [6.07, 6.45) is 1.88. The maximum atomic E-state index is 13.3. The first-order valence-corrected chi connectivity index (χ1v) is 4.48. The average molecular weight is 191 g/mol. The average Bonchev–Trinajstić information content (AvgIpc) is 2.23. The van der Waals surface area contributed by atoms with Crippen LogP contribution in [-0.2, 0) is 6.42 Å². The second-order valence-electron chi connectivity index (χ2n) is 3.16. The van der Waals surface area contributed by atoms with Crippen molar-refractivity contribution in [3.05, 3.63) is 35.8 Å². The van der Waals surface area contributed by atoms with Crippen molar-refractivity contribution >= 4 is 10.8 Å². The Balaban J connectivity index is 2.80. The minimum atomic E-state index is -0.395. The number of hydrogen-bond donors (Lipinski definition) is 1. The van der Waals surface area contributed by atoms with Crippen LogP contribution in [0.25, 0.3) is 10.8 Å². The van der Waals surface area contributed by atoms with Crippen LogP contribution in [0.3, 0.4) is 0 Å². The molecule has 0 saturated heterocycles. The highest BCUT2D eigenvalue weighted by Crippen LogP contribution is 2.25. The van der Waals surface area contributed by atoms with Gasteiger partial charge in [-0.2, -0.15) is 0 Å². The molecule has 1 N–H and O–H groups in total. The van der Waals surface area contributed by atoms with E-state index in [0.717, 1.165) is 18.2 Å². The van der Waals surface area contributed by atoms with Crippen LogP contribution in [0, 0.1) is 5.82 Å². The molecule has 3 heteroatoms. The first-order chi connectivity index (χ1) is 6.72. The van der Waals surface area contributed by atoms with Crippen molar-refractivity contribution in [1.82, 2.24) is 4.98 Å². The van der Waals surface area contributed by atoms with Gasteiger partial charge in [0.15, 0.2) is 0 Å². The van der Waals surface area contributed by atoms with Gasteiger partial charge in [0.25, 0.3) is 0 Å². The number of halogens is 1. The fourth-order valence-corrected chi connectivity index (χ4v) is 1.46. The van der Waals surface area contributed by atoms with Crippen LogP contribution in [0.5, 0.6) is 5.88 Å². The molecule has 2 aromatic rings. The third-order valence-corrected chi connectivity index (χ3v) is 2.29. The summed E-state index contributed by atoms with van der Waals surface area (Å²) in [5.41, 5.74) is 1.04. The van der Waals surface area contributed by atoms with Crippen molar-refractivity contribution in [3.63, 3.8) is 0 Å². The Morgan fingerprint density at radius 1 is 1.36 bits per heavy atom. The summed E-state index contributed by atoms with van der Waals surface area (Å²) in [5, 5.41) is 10.3. The van der Waals surface area contributed by atoms with Gasteiger partial charge in [-0.15, -0.1) is 0 Å². The zero-order valence-electron chi connectivity index (χ0n) is 7.79. The molecule has 0 unspecified atom stereocenters. The summed E-state index contributed by atoms with van der Waals surface area (Å²) in [4.78, 5) is 3.54. The van der Waals surface area contributed by atoms with Crippen LogP contribution >= 0.6 is 0 Å². The molecule has 0 amide bonds. The number of rotatable bonds is 1. The first kappa shape index (κ1) is 8.94. The summed E-state index contributed by atoms with van der Waals surface area (Å²) < 4.78 is 13.3. The quantitative estimate of drug-likeness (QED) is 0.751. The molecule has 0 aliphatic carbocycles. The van der Waals surface area contributed by atoms with Gasteiger partial charge in [-0.1, -0.05) is 13.0 Å². The topological polar surface area (TPSA) is 33.1 Å². The number of aryl methyl sites for hydroxylation is 1. The van der Waals surface area contributed by atoms with Gasteiger partial charge in [-0.25, -0.2) is 9.37 Å². The summed E-state index contributed by atoms with van der Waals surface area (Å²) in [6.45, 7) is 2.00. The normalized spacial score (nSPS) is 10.7. The largest absolute Gasteiger partial charge is 0.493 e. The van der Waals surface area contributed by atoms with Crippen molar-refractivity contribution in [1.29, 1.82) is 0 Å². The molecule has 0 radical (unpaired) electrons. The Hall–Kier alpha value is -1.64. The lowest BCUT2D eigenvalue weighted by atomic mass is 10.1. The highest BCUT2D eigenvalue weighted by Gasteiger charge is 2.06. The molecule has 0 aliphatic heterocycles. The van der Waals surface area contributed by atoms with Gasteiger partial charge in [0, 0.05) is 10.8 Å². The van der Waals surface area contributed by atoms with E-state index in [1.54, 1.807) is 12.1 Å². The Labute approximate surface area is 81.0 Å². The van der Waals surface area contributed by atoms with Crippen molar-refractivity contribution in [2.45, 2.75) is 13.3 Å². The number of pyridine rings is 1. The van der Waals surface area contributed by atoms with E-state index in [1.165, 1.54) is 0 Å². The second-order valence-corrected chi connectivity index (χ2v) is 3.16. The molecule has 1 heterocycles. The standard InChI is InChI=1S/C11H10FNO/c1-2-7-3-4-8-9(5-7)10(12)6-13-11(8)14/h3-6H,2H2,1H3,(H,13,14). The predicted octanol–water partition coefficient (Wildman–Crippen LogP) is 2.64. The Bertz CT molecular complexity index is 482. The summed E-state index contributed by atoms with van der Waals surface area (Å²) in [6, 6.07) is 5.30. The molecular formula is C11H10FNO. The van der Waals surface area contributed by atoms with Crippen molar-refractivity contribution in [2.24, 2.45) is 0 Å². The lowest BCUT2D eigenvalue weighted by Gasteiger charge is -2.03. The minimum Gasteiger partial charge on any atom is -0.493 e. The van der Waals surface area contributed by atoms with Crippen LogP contribution in [0.2, 0.25) is 0 Å². The van der Waals surface area contributed by atoms with E-state index in [1.807, 2.05) is 13.0 Å². The molecule has 0 spiro atoms. The predicted molar refractivity (Wildman–Crippen MR) is 52.7 cm³/mol. The van der Waals surface area contributed by atoms with Crippen LogP contribution in [0.15, 0.2) is 24.4 Å². The molecular weight excluding hydrogens is 181 g/mol. The number of nitrogens with zero attached hydrogens (tertiary/aromatic N) is 1. The minimum absolute atomic E-state index is 0.121. The highest BCUT2D eigenvalue weighted by atomic mass is 19.1. The number of benzene rings is 1. The molecule has 0 aliphatic rings. The lowest BCUT2D eigenvalue weighted by Crippen LogP contribution is -1.87. The van der Waals surface area contributed by atoms with E-state index in [2.05, 4.69) is 4.98 Å². The van der Waals surface area contributed by atoms with Gasteiger partial charge in [0.2, 0.25) is 5.88 Å². The first-order valence-electron chi connectivity index (χ1n) is 4.48. The maximum absolute atomic E-state index is 13.3. The van der Waals surface area contributed by atoms with E-state index in [9.17, 15) is 9.50 Å². The third-order valence-electron chi connectivity index (χ3n) is 2.29. The van der Waals surface area contributed by atoms with Crippen molar-refractivity contribution < 1.29 is 9.50 Å². The van der Waals surface area contributed by atoms with E-state index in [0.29, 0.717) is 10.8 Å². The van der Waals surface area contributed by atoms with Crippen LogP contribution in [-0.4, -0.2) is 10.1 Å².